The van der Waals surface area contributed by atoms with Crippen LogP contribution in [0.5, 0.6) is 0 Å². The maximum atomic E-state index is 13.1. The summed E-state index contributed by atoms with van der Waals surface area (Å²) in [5.41, 5.74) is 8.22. The molecule has 0 unspecified atom stereocenters. The van der Waals surface area contributed by atoms with Crippen molar-refractivity contribution in [2.75, 3.05) is 0 Å². The van der Waals surface area contributed by atoms with Crippen molar-refractivity contribution in [3.63, 3.8) is 0 Å². The van der Waals surface area contributed by atoms with Crippen molar-refractivity contribution in [1.29, 1.82) is 0 Å². The van der Waals surface area contributed by atoms with Crippen LogP contribution in [0.1, 0.15) is 62.1 Å². The number of ketones is 1. The molecule has 0 aromatic heterocycles. The molecule has 7 heteroatoms. The molecule has 0 saturated heterocycles. The number of rotatable bonds is 9. The highest BCUT2D eigenvalue weighted by Gasteiger charge is 2.45. The van der Waals surface area contributed by atoms with Gasteiger partial charge in [0.05, 0.1) is 16.6 Å². The first kappa shape index (κ1) is 24.7. The van der Waals surface area contributed by atoms with Gasteiger partial charge in [0, 0.05) is 12.8 Å². The van der Waals surface area contributed by atoms with Gasteiger partial charge in [-0.2, -0.15) is 0 Å². The number of hydrogen-bond acceptors (Lipinski definition) is 4. The van der Waals surface area contributed by atoms with E-state index in [-0.39, 0.29) is 18.1 Å². The zero-order valence-corrected chi connectivity index (χ0v) is 21.0. The molecule has 1 aliphatic heterocycles. The van der Waals surface area contributed by atoms with Crippen LogP contribution in [0.4, 0.5) is 0 Å². The lowest BCUT2D eigenvalue weighted by Crippen LogP contribution is -2.43. The minimum absolute atomic E-state index is 0.00810. The Balaban J connectivity index is 1.30. The number of guanidine groups is 1. The number of nitrogens with two attached hydrogens (primary N) is 1. The number of nitrogens with zero attached hydrogens (tertiary/aromatic N) is 2. The maximum absolute atomic E-state index is 13.1. The first-order chi connectivity index (χ1) is 16.2. The van der Waals surface area contributed by atoms with E-state index in [0.29, 0.717) is 41.3 Å². The molecule has 1 fully saturated rings. The summed E-state index contributed by atoms with van der Waals surface area (Å²) in [6.07, 6.45) is 6.94. The van der Waals surface area contributed by atoms with Gasteiger partial charge in [-0.15, -0.1) is 0 Å². The molecule has 1 saturated carbocycles. The van der Waals surface area contributed by atoms with Gasteiger partial charge in [0.15, 0.2) is 5.96 Å². The van der Waals surface area contributed by atoms with Crippen molar-refractivity contribution in [3.8, 4) is 0 Å². The summed E-state index contributed by atoms with van der Waals surface area (Å²) >= 11 is 12.2. The number of carbonyl (C=O) groups excluding carboxylic acids is 2. The Labute approximate surface area is 211 Å². The van der Waals surface area contributed by atoms with Crippen LogP contribution < -0.4 is 5.73 Å². The number of benzene rings is 2. The molecule has 1 heterocycles. The van der Waals surface area contributed by atoms with Gasteiger partial charge < -0.3 is 5.73 Å². The minimum Gasteiger partial charge on any atom is -0.369 e. The molecule has 1 aliphatic carbocycles. The molecule has 2 N–H and O–H groups in total. The van der Waals surface area contributed by atoms with Crippen LogP contribution in [0.25, 0.3) is 0 Å². The van der Waals surface area contributed by atoms with E-state index >= 15 is 0 Å². The van der Waals surface area contributed by atoms with E-state index in [1.165, 1.54) is 25.7 Å². The number of aryl methyl sites for hydroxylation is 1. The third-order valence-electron chi connectivity index (χ3n) is 6.98. The van der Waals surface area contributed by atoms with E-state index < -0.39 is 5.54 Å². The number of amides is 1. The molecular weight excluding hydrogens is 469 g/mol. The third kappa shape index (κ3) is 5.64. The number of carbonyl (C=O) groups is 2. The molecule has 1 atom stereocenters. The Bertz CT molecular complexity index is 1090. The average molecular weight is 500 g/mol. The maximum Gasteiger partial charge on any atom is 0.257 e. The van der Waals surface area contributed by atoms with E-state index in [4.69, 9.17) is 28.9 Å². The lowest BCUT2D eigenvalue weighted by molar-refractivity contribution is -0.131. The van der Waals surface area contributed by atoms with Gasteiger partial charge in [-0.05, 0) is 48.4 Å². The lowest BCUT2D eigenvalue weighted by Gasteiger charge is -2.24. The van der Waals surface area contributed by atoms with Gasteiger partial charge >= 0.3 is 0 Å². The second-order valence-corrected chi connectivity index (χ2v) is 10.5. The van der Waals surface area contributed by atoms with E-state index in [9.17, 15) is 9.59 Å². The summed E-state index contributed by atoms with van der Waals surface area (Å²) in [6.45, 7) is 2.32. The van der Waals surface area contributed by atoms with E-state index in [0.717, 1.165) is 23.1 Å². The zero-order chi connectivity index (χ0) is 24.3. The number of aliphatic imine (C=N–C) groups is 1. The summed E-state index contributed by atoms with van der Waals surface area (Å²) in [5.74, 6) is 0.967. The molecule has 1 amide bonds. The molecule has 2 aromatic rings. The Kier molecular flexibility index (Phi) is 7.63. The fourth-order valence-corrected chi connectivity index (χ4v) is 5.47. The highest BCUT2D eigenvalue weighted by Crippen LogP contribution is 2.36. The standard InChI is InChI=1S/C27H31Cl2N3O2/c1-27(16-19-5-2-3-6-19)25(34)32(26(30)31-27)17-20-11-9-18(10-12-20)13-14-22(33)15-21-7-4-8-23(28)24(21)29/h4,7-12,19H,2-3,5-6,13-17H2,1H3,(H2,30,31)/t27-/m1/s1. The Hall–Kier alpha value is -2.37. The smallest absolute Gasteiger partial charge is 0.257 e. The normalized spacial score (nSPS) is 20.7. The monoisotopic (exact) mass is 499 g/mol. The molecule has 180 valence electrons. The third-order valence-corrected chi connectivity index (χ3v) is 7.84. The number of Topliss-reactive ketones (excluding diaryl/α,β-unsaturated/α-hetero) is 1. The fraction of sp³-hybridized carbons (Fsp3) is 0.444. The lowest BCUT2D eigenvalue weighted by atomic mass is 9.88. The van der Waals surface area contributed by atoms with Gasteiger partial charge in [-0.25, -0.2) is 4.99 Å². The molecule has 0 radical (unpaired) electrons. The Morgan fingerprint density at radius 3 is 2.50 bits per heavy atom. The Morgan fingerprint density at radius 1 is 1.12 bits per heavy atom. The van der Waals surface area contributed by atoms with E-state index in [2.05, 4.69) is 4.99 Å². The summed E-state index contributed by atoms with van der Waals surface area (Å²) in [5, 5.41) is 0.907. The van der Waals surface area contributed by atoms with Gasteiger partial charge in [0.2, 0.25) is 0 Å². The van der Waals surface area contributed by atoms with E-state index in [1.54, 1.807) is 17.0 Å². The van der Waals surface area contributed by atoms with Crippen LogP contribution in [0.2, 0.25) is 10.0 Å². The molecule has 4 rings (SSSR count). The molecule has 5 nitrogen and oxygen atoms in total. The second kappa shape index (κ2) is 10.5. The molecular formula is C27H31Cl2N3O2. The van der Waals surface area contributed by atoms with Gasteiger partial charge in [-0.3, -0.25) is 14.5 Å². The highest BCUT2D eigenvalue weighted by atomic mass is 35.5. The predicted molar refractivity (Wildman–Crippen MR) is 137 cm³/mol. The van der Waals surface area contributed by atoms with Crippen molar-refractivity contribution in [3.05, 3.63) is 69.2 Å². The van der Waals surface area contributed by atoms with E-state index in [1.807, 2.05) is 37.3 Å². The van der Waals surface area contributed by atoms with Crippen LogP contribution >= 0.6 is 23.2 Å². The molecule has 2 aliphatic rings. The van der Waals surface area contributed by atoms with Crippen LogP contribution in [-0.4, -0.2) is 28.1 Å². The summed E-state index contributed by atoms with van der Waals surface area (Å²) in [6, 6.07) is 13.3. The Morgan fingerprint density at radius 2 is 1.79 bits per heavy atom. The molecule has 34 heavy (non-hydrogen) atoms. The first-order valence-corrected chi connectivity index (χ1v) is 12.7. The van der Waals surface area contributed by atoms with Crippen molar-refractivity contribution < 1.29 is 9.59 Å². The summed E-state index contributed by atoms with van der Waals surface area (Å²) < 4.78 is 0. The van der Waals surface area contributed by atoms with Crippen molar-refractivity contribution in [2.24, 2.45) is 16.6 Å². The van der Waals surface area contributed by atoms with Crippen molar-refractivity contribution in [2.45, 2.75) is 70.4 Å². The second-order valence-electron chi connectivity index (χ2n) is 9.73. The quantitative estimate of drug-likeness (QED) is 0.478. The number of halogens is 2. The summed E-state index contributed by atoms with van der Waals surface area (Å²) in [4.78, 5) is 31.7. The topological polar surface area (TPSA) is 75.8 Å². The largest absolute Gasteiger partial charge is 0.369 e. The van der Waals surface area contributed by atoms with Gasteiger partial charge in [-0.1, -0.05) is 85.3 Å². The molecule has 2 aromatic carbocycles. The molecule has 0 spiro atoms. The fourth-order valence-electron chi connectivity index (χ4n) is 5.08. The highest BCUT2D eigenvalue weighted by molar-refractivity contribution is 6.42. The van der Waals surface area contributed by atoms with Crippen LogP contribution in [-0.2, 0) is 29.0 Å². The van der Waals surface area contributed by atoms with Gasteiger partial charge in [0.25, 0.3) is 5.91 Å². The summed E-state index contributed by atoms with van der Waals surface area (Å²) in [7, 11) is 0. The van der Waals surface area contributed by atoms with Gasteiger partial charge in [0.1, 0.15) is 11.3 Å². The van der Waals surface area contributed by atoms with Crippen molar-refractivity contribution >= 4 is 40.9 Å². The predicted octanol–water partition coefficient (Wildman–Crippen LogP) is 5.73. The van der Waals surface area contributed by atoms with Crippen LogP contribution in [0, 0.1) is 5.92 Å². The van der Waals surface area contributed by atoms with Crippen LogP contribution in [0.15, 0.2) is 47.5 Å². The molecule has 0 bridgehead atoms. The number of hydrogen-bond donors (Lipinski definition) is 1. The first-order valence-electron chi connectivity index (χ1n) is 11.9. The average Bonchev–Trinajstić information content (AvgIpc) is 3.38. The minimum atomic E-state index is -0.745. The van der Waals surface area contributed by atoms with Crippen molar-refractivity contribution in [1.82, 2.24) is 4.90 Å². The zero-order valence-electron chi connectivity index (χ0n) is 19.5. The van der Waals surface area contributed by atoms with Crippen LogP contribution in [0.3, 0.4) is 0 Å². The SMILES string of the molecule is C[C@]1(CC2CCCC2)N=C(N)N(Cc2ccc(CCC(=O)Cc3cccc(Cl)c3Cl)cc2)C1=O.